The largest absolute Gasteiger partial charge is 0.416 e. The van der Waals surface area contributed by atoms with Crippen molar-refractivity contribution in [1.82, 2.24) is 0 Å². The van der Waals surface area contributed by atoms with Gasteiger partial charge in [0.1, 0.15) is 17.3 Å². The average Bonchev–Trinajstić information content (AvgIpc) is 2.61. The molecule has 0 saturated carbocycles. The van der Waals surface area contributed by atoms with Crippen molar-refractivity contribution < 1.29 is 22.0 Å². The van der Waals surface area contributed by atoms with Gasteiger partial charge in [-0.25, -0.2) is 8.78 Å². The zero-order valence-corrected chi connectivity index (χ0v) is 14.3. The fraction of sp³-hybridized carbons (Fsp3) is 0.368. The van der Waals surface area contributed by atoms with E-state index in [1.54, 1.807) is 4.90 Å². The Bertz CT molecular complexity index is 739. The van der Waals surface area contributed by atoms with E-state index in [1.165, 1.54) is 24.3 Å². The fourth-order valence-electron chi connectivity index (χ4n) is 3.17. The predicted octanol–water partition coefficient (Wildman–Crippen LogP) is 4.87. The second-order valence-electron chi connectivity index (χ2n) is 6.28. The van der Waals surface area contributed by atoms with Crippen molar-refractivity contribution in [1.29, 1.82) is 0 Å². The van der Waals surface area contributed by atoms with Gasteiger partial charge in [-0.3, -0.25) is 0 Å². The number of nitrogens with zero attached hydrogens (tertiary/aromatic N) is 2. The number of alkyl halides is 3. The summed E-state index contributed by atoms with van der Waals surface area (Å²) in [6.07, 6.45) is -3.81. The Balaban J connectivity index is 1.70. The van der Waals surface area contributed by atoms with Crippen LogP contribution in [0.2, 0.25) is 0 Å². The van der Waals surface area contributed by atoms with Crippen molar-refractivity contribution in [2.24, 2.45) is 0 Å². The number of halogens is 5. The molecule has 1 saturated heterocycles. The van der Waals surface area contributed by atoms with Crippen molar-refractivity contribution >= 4 is 11.4 Å². The molecular weight excluding hydrogens is 351 g/mol. The highest BCUT2D eigenvalue weighted by Gasteiger charge is 2.30. The lowest BCUT2D eigenvalue weighted by Crippen LogP contribution is -2.47. The van der Waals surface area contributed by atoms with Crippen LogP contribution in [0.4, 0.5) is 33.3 Å². The molecule has 0 spiro atoms. The van der Waals surface area contributed by atoms with Crippen LogP contribution in [0.1, 0.15) is 18.1 Å². The van der Waals surface area contributed by atoms with Crippen LogP contribution in [0.5, 0.6) is 0 Å². The first-order chi connectivity index (χ1) is 12.3. The zero-order chi connectivity index (χ0) is 18.9. The van der Waals surface area contributed by atoms with Crippen LogP contribution in [0.25, 0.3) is 0 Å². The van der Waals surface area contributed by atoms with E-state index >= 15 is 0 Å². The second-order valence-corrected chi connectivity index (χ2v) is 6.28. The number of anilines is 2. The summed E-state index contributed by atoms with van der Waals surface area (Å²) >= 11 is 0. The number of benzene rings is 2. The van der Waals surface area contributed by atoms with Gasteiger partial charge in [-0.2, -0.15) is 13.2 Å². The first-order valence-corrected chi connectivity index (χ1v) is 8.44. The van der Waals surface area contributed by atoms with Crippen LogP contribution in [0.3, 0.4) is 0 Å². The van der Waals surface area contributed by atoms with Crippen LogP contribution >= 0.6 is 0 Å². The van der Waals surface area contributed by atoms with Gasteiger partial charge in [0, 0.05) is 31.9 Å². The molecule has 1 aliphatic rings. The monoisotopic (exact) mass is 370 g/mol. The van der Waals surface area contributed by atoms with E-state index < -0.39 is 23.4 Å². The second kappa shape index (κ2) is 7.13. The van der Waals surface area contributed by atoms with Crippen molar-refractivity contribution in [3.05, 3.63) is 59.2 Å². The Labute approximate surface area is 148 Å². The van der Waals surface area contributed by atoms with E-state index in [4.69, 9.17) is 0 Å². The van der Waals surface area contributed by atoms with Crippen molar-refractivity contribution in [3.8, 4) is 0 Å². The highest BCUT2D eigenvalue weighted by Crippen LogP contribution is 2.31. The Hall–Kier alpha value is -2.31. The van der Waals surface area contributed by atoms with E-state index in [0.717, 1.165) is 12.1 Å². The molecule has 1 aliphatic heterocycles. The molecule has 0 amide bonds. The summed E-state index contributed by atoms with van der Waals surface area (Å²) in [5, 5.41) is 0. The molecule has 0 radical (unpaired) electrons. The standard InChI is InChI=1S/C19H19F5N2/c1-2-13-11-16(20)18(17(21)12-13)26-9-7-25(8-10-26)15-5-3-14(4-6-15)19(22,23)24/h3-6,11-12H,2,7-10H2,1H3. The Morgan fingerprint density at radius 2 is 1.35 bits per heavy atom. The highest BCUT2D eigenvalue weighted by molar-refractivity contribution is 5.54. The van der Waals surface area contributed by atoms with Crippen LogP contribution < -0.4 is 9.80 Å². The summed E-state index contributed by atoms with van der Waals surface area (Å²) in [6, 6.07) is 7.64. The summed E-state index contributed by atoms with van der Waals surface area (Å²) in [7, 11) is 0. The van der Waals surface area contributed by atoms with E-state index in [0.29, 0.717) is 43.9 Å². The van der Waals surface area contributed by atoms with Crippen LogP contribution in [-0.4, -0.2) is 26.2 Å². The quantitative estimate of drug-likeness (QED) is 0.711. The molecule has 7 heteroatoms. The number of hydrogen-bond acceptors (Lipinski definition) is 2. The molecule has 1 heterocycles. The summed E-state index contributed by atoms with van der Waals surface area (Å²) in [4.78, 5) is 3.55. The van der Waals surface area contributed by atoms with Crippen LogP contribution in [0.15, 0.2) is 36.4 Å². The van der Waals surface area contributed by atoms with Gasteiger partial charge in [0.25, 0.3) is 0 Å². The molecule has 0 N–H and O–H groups in total. The molecule has 26 heavy (non-hydrogen) atoms. The number of piperazine rings is 1. The summed E-state index contributed by atoms with van der Waals surface area (Å²) in [6.45, 7) is 3.55. The molecule has 140 valence electrons. The van der Waals surface area contributed by atoms with Gasteiger partial charge in [0.15, 0.2) is 0 Å². The predicted molar refractivity (Wildman–Crippen MR) is 91.6 cm³/mol. The maximum atomic E-state index is 14.3. The summed E-state index contributed by atoms with van der Waals surface area (Å²) in [5.74, 6) is -1.16. The highest BCUT2D eigenvalue weighted by atomic mass is 19.4. The van der Waals surface area contributed by atoms with Gasteiger partial charge in [-0.15, -0.1) is 0 Å². The third-order valence-corrected chi connectivity index (χ3v) is 4.64. The molecule has 0 aliphatic carbocycles. The van der Waals surface area contributed by atoms with E-state index in [-0.39, 0.29) is 5.69 Å². The zero-order valence-electron chi connectivity index (χ0n) is 14.3. The van der Waals surface area contributed by atoms with Gasteiger partial charge in [0.05, 0.1) is 5.56 Å². The maximum Gasteiger partial charge on any atom is 0.416 e. The van der Waals surface area contributed by atoms with Crippen LogP contribution in [0, 0.1) is 11.6 Å². The fourth-order valence-corrected chi connectivity index (χ4v) is 3.17. The van der Waals surface area contributed by atoms with E-state index in [2.05, 4.69) is 0 Å². The van der Waals surface area contributed by atoms with Crippen LogP contribution in [-0.2, 0) is 12.6 Å². The molecule has 3 rings (SSSR count). The minimum absolute atomic E-state index is 0.0331. The molecule has 0 atom stereocenters. The summed E-state index contributed by atoms with van der Waals surface area (Å²) in [5.41, 5.74) is 0.543. The molecule has 1 fully saturated rings. The smallest absolute Gasteiger partial charge is 0.368 e. The summed E-state index contributed by atoms with van der Waals surface area (Å²) < 4.78 is 66.4. The van der Waals surface area contributed by atoms with Crippen molar-refractivity contribution in [3.63, 3.8) is 0 Å². The van der Waals surface area contributed by atoms with Gasteiger partial charge < -0.3 is 9.80 Å². The lowest BCUT2D eigenvalue weighted by molar-refractivity contribution is -0.137. The number of rotatable bonds is 3. The maximum absolute atomic E-state index is 14.3. The van der Waals surface area contributed by atoms with Crippen molar-refractivity contribution in [2.75, 3.05) is 36.0 Å². The lowest BCUT2D eigenvalue weighted by Gasteiger charge is -2.37. The molecule has 0 bridgehead atoms. The van der Waals surface area contributed by atoms with Gasteiger partial charge in [-0.05, 0) is 48.4 Å². The third kappa shape index (κ3) is 3.76. The normalized spacial score (nSPS) is 15.5. The topological polar surface area (TPSA) is 6.48 Å². The number of aryl methyl sites for hydroxylation is 1. The Kier molecular flexibility index (Phi) is 5.07. The van der Waals surface area contributed by atoms with Gasteiger partial charge >= 0.3 is 6.18 Å². The number of hydrogen-bond donors (Lipinski definition) is 0. The molecule has 2 nitrogen and oxygen atoms in total. The third-order valence-electron chi connectivity index (χ3n) is 4.64. The minimum atomic E-state index is -4.36. The van der Waals surface area contributed by atoms with E-state index in [9.17, 15) is 22.0 Å². The first kappa shape index (κ1) is 18.5. The minimum Gasteiger partial charge on any atom is -0.368 e. The molecule has 0 unspecified atom stereocenters. The van der Waals surface area contributed by atoms with Crippen molar-refractivity contribution in [2.45, 2.75) is 19.5 Å². The van der Waals surface area contributed by atoms with Gasteiger partial charge in [-0.1, -0.05) is 6.92 Å². The molecular formula is C19H19F5N2. The Morgan fingerprint density at radius 3 is 1.81 bits per heavy atom. The lowest BCUT2D eigenvalue weighted by atomic mass is 10.1. The SMILES string of the molecule is CCc1cc(F)c(N2CCN(c3ccc(C(F)(F)F)cc3)CC2)c(F)c1. The molecule has 2 aromatic rings. The van der Waals surface area contributed by atoms with E-state index in [1.807, 2.05) is 11.8 Å². The Morgan fingerprint density at radius 1 is 0.846 bits per heavy atom. The molecule has 2 aromatic carbocycles. The first-order valence-electron chi connectivity index (χ1n) is 8.44. The molecule has 0 aromatic heterocycles. The van der Waals surface area contributed by atoms with Gasteiger partial charge in [0.2, 0.25) is 0 Å². The average molecular weight is 370 g/mol.